The minimum Gasteiger partial charge on any atom is -0.481 e. The summed E-state index contributed by atoms with van der Waals surface area (Å²) in [6.45, 7) is 1.91. The van der Waals surface area contributed by atoms with Gasteiger partial charge in [0.15, 0.2) is 6.10 Å². The summed E-state index contributed by atoms with van der Waals surface area (Å²) < 4.78 is 30.4. The van der Waals surface area contributed by atoms with Gasteiger partial charge in [0.25, 0.3) is 5.91 Å². The number of aryl methyl sites for hydroxylation is 1. The number of nitrogens with zero attached hydrogens (tertiary/aromatic N) is 1. The van der Waals surface area contributed by atoms with E-state index in [0.717, 1.165) is 25.5 Å². The number of ether oxygens (including phenoxy) is 1. The van der Waals surface area contributed by atoms with Crippen LogP contribution in [0.2, 0.25) is 0 Å². The lowest BCUT2D eigenvalue weighted by Crippen LogP contribution is -2.41. The van der Waals surface area contributed by atoms with Crippen LogP contribution in [-0.2, 0) is 21.2 Å². The Morgan fingerprint density at radius 3 is 2.55 bits per heavy atom. The molecule has 3 rings (SSSR count). The zero-order chi connectivity index (χ0) is 21.0. The summed E-state index contributed by atoms with van der Waals surface area (Å²) in [7, 11) is -1.83. The van der Waals surface area contributed by atoms with Crippen LogP contribution in [0.15, 0.2) is 48.5 Å². The molecule has 0 saturated heterocycles. The second kappa shape index (κ2) is 8.86. The Balaban J connectivity index is 1.67. The first-order chi connectivity index (χ1) is 13.8. The maximum atomic E-state index is 12.8. The van der Waals surface area contributed by atoms with Gasteiger partial charge in [-0.2, -0.15) is 0 Å². The minimum absolute atomic E-state index is 0.0101. The van der Waals surface area contributed by atoms with E-state index in [1.54, 1.807) is 24.3 Å². The molecule has 0 heterocycles. The van der Waals surface area contributed by atoms with E-state index >= 15 is 0 Å². The fourth-order valence-corrected chi connectivity index (χ4v) is 4.09. The summed E-state index contributed by atoms with van der Waals surface area (Å²) in [6, 6.07) is 14.9. The molecule has 2 aromatic carbocycles. The van der Waals surface area contributed by atoms with Crippen LogP contribution in [0, 0.1) is 0 Å². The van der Waals surface area contributed by atoms with Crippen LogP contribution < -0.4 is 14.4 Å². The van der Waals surface area contributed by atoms with Crippen molar-refractivity contribution >= 4 is 21.6 Å². The molecule has 2 atom stereocenters. The molecule has 0 saturated carbocycles. The summed E-state index contributed by atoms with van der Waals surface area (Å²) in [6.07, 6.45) is 4.09. The molecule has 0 unspecified atom stereocenters. The van der Waals surface area contributed by atoms with Gasteiger partial charge in [0.1, 0.15) is 5.75 Å². The number of nitrogens with one attached hydrogen (secondary N) is 1. The lowest BCUT2D eigenvalue weighted by atomic mass is 9.87. The standard InChI is InChI=1S/C22H28N2O4S/c1-4-21(28-18-14-12-17(13-15-18)24(2)29(3,26)27)22(25)23-20-11-7-9-16-8-5-6-10-19(16)20/h5-6,8,10,12-15,20-21H,4,7,9,11H2,1-3H3,(H,23,25)/t20-,21+/m0/s1. The Bertz CT molecular complexity index is 957. The van der Waals surface area contributed by atoms with Crippen LogP contribution in [0.5, 0.6) is 5.75 Å². The first-order valence-corrected chi connectivity index (χ1v) is 11.7. The van der Waals surface area contributed by atoms with Crippen molar-refractivity contribution in [2.24, 2.45) is 0 Å². The van der Waals surface area contributed by atoms with Crippen molar-refractivity contribution in [3.8, 4) is 5.75 Å². The Hall–Kier alpha value is -2.54. The van der Waals surface area contributed by atoms with Crippen LogP contribution in [0.1, 0.15) is 43.4 Å². The average Bonchev–Trinajstić information content (AvgIpc) is 2.71. The van der Waals surface area contributed by atoms with Crippen LogP contribution in [0.3, 0.4) is 0 Å². The number of carbonyl (C=O) groups excluding carboxylic acids is 1. The highest BCUT2D eigenvalue weighted by molar-refractivity contribution is 7.92. The van der Waals surface area contributed by atoms with E-state index in [2.05, 4.69) is 17.4 Å². The number of carbonyl (C=O) groups is 1. The number of benzene rings is 2. The smallest absolute Gasteiger partial charge is 0.261 e. The van der Waals surface area contributed by atoms with Gasteiger partial charge in [0.2, 0.25) is 10.0 Å². The van der Waals surface area contributed by atoms with Crippen molar-refractivity contribution in [3.05, 3.63) is 59.7 Å². The van der Waals surface area contributed by atoms with E-state index in [9.17, 15) is 13.2 Å². The molecular weight excluding hydrogens is 388 g/mol. The van der Waals surface area contributed by atoms with Crippen molar-refractivity contribution in [1.29, 1.82) is 0 Å². The molecule has 2 aromatic rings. The van der Waals surface area contributed by atoms with E-state index in [-0.39, 0.29) is 11.9 Å². The molecule has 0 aliphatic heterocycles. The highest BCUT2D eigenvalue weighted by Crippen LogP contribution is 2.30. The van der Waals surface area contributed by atoms with Gasteiger partial charge in [-0.15, -0.1) is 0 Å². The fraction of sp³-hybridized carbons (Fsp3) is 0.409. The molecule has 1 aliphatic carbocycles. The molecule has 0 fully saturated rings. The number of sulfonamides is 1. The first-order valence-electron chi connectivity index (χ1n) is 9.88. The normalized spacial score (nSPS) is 17.1. The van der Waals surface area contributed by atoms with Crippen molar-refractivity contribution in [2.75, 3.05) is 17.6 Å². The highest BCUT2D eigenvalue weighted by Gasteiger charge is 2.26. The van der Waals surface area contributed by atoms with Crippen LogP contribution in [0.4, 0.5) is 5.69 Å². The maximum absolute atomic E-state index is 12.8. The largest absolute Gasteiger partial charge is 0.481 e. The summed E-state index contributed by atoms with van der Waals surface area (Å²) >= 11 is 0. The van der Waals surface area contributed by atoms with E-state index in [1.165, 1.54) is 22.5 Å². The topological polar surface area (TPSA) is 75.7 Å². The predicted molar refractivity (Wildman–Crippen MR) is 115 cm³/mol. The number of hydrogen-bond acceptors (Lipinski definition) is 4. The number of amides is 1. The van der Waals surface area contributed by atoms with Gasteiger partial charge in [0.05, 0.1) is 18.0 Å². The summed E-state index contributed by atoms with van der Waals surface area (Å²) in [4.78, 5) is 12.8. The maximum Gasteiger partial charge on any atom is 0.261 e. The lowest BCUT2D eigenvalue weighted by molar-refractivity contribution is -0.129. The third-order valence-electron chi connectivity index (χ3n) is 5.33. The highest BCUT2D eigenvalue weighted by atomic mass is 32.2. The third-order valence-corrected chi connectivity index (χ3v) is 6.53. The molecular formula is C22H28N2O4S. The van der Waals surface area contributed by atoms with Crippen LogP contribution in [-0.4, -0.2) is 33.7 Å². The predicted octanol–water partition coefficient (Wildman–Crippen LogP) is 3.43. The van der Waals surface area contributed by atoms with Crippen LogP contribution >= 0.6 is 0 Å². The molecule has 1 aliphatic rings. The van der Waals surface area contributed by atoms with Gasteiger partial charge in [0, 0.05) is 7.05 Å². The molecule has 0 radical (unpaired) electrons. The Morgan fingerprint density at radius 1 is 1.21 bits per heavy atom. The van der Waals surface area contributed by atoms with Crippen molar-refractivity contribution in [2.45, 2.75) is 44.8 Å². The molecule has 0 spiro atoms. The number of anilines is 1. The Labute approximate surface area is 172 Å². The quantitative estimate of drug-likeness (QED) is 0.750. The molecule has 7 heteroatoms. The molecule has 29 heavy (non-hydrogen) atoms. The van der Waals surface area contributed by atoms with Crippen LogP contribution in [0.25, 0.3) is 0 Å². The molecule has 1 N–H and O–H groups in total. The van der Waals surface area contributed by atoms with Gasteiger partial charge in [-0.25, -0.2) is 8.42 Å². The van der Waals surface area contributed by atoms with E-state index in [1.807, 2.05) is 19.1 Å². The molecule has 6 nitrogen and oxygen atoms in total. The second-order valence-electron chi connectivity index (χ2n) is 7.39. The zero-order valence-corrected chi connectivity index (χ0v) is 17.9. The number of fused-ring (bicyclic) bond motifs is 1. The Kier molecular flexibility index (Phi) is 6.47. The average molecular weight is 417 g/mol. The minimum atomic E-state index is -3.32. The summed E-state index contributed by atoms with van der Waals surface area (Å²) in [5.74, 6) is 0.397. The summed E-state index contributed by atoms with van der Waals surface area (Å²) in [5.41, 5.74) is 3.02. The van der Waals surface area contributed by atoms with Crippen molar-refractivity contribution < 1.29 is 17.9 Å². The number of rotatable bonds is 7. The SMILES string of the molecule is CC[C@@H](Oc1ccc(N(C)S(C)(=O)=O)cc1)C(=O)N[C@H]1CCCc2ccccc21. The molecule has 0 aromatic heterocycles. The first kappa shape index (κ1) is 21.2. The molecule has 156 valence electrons. The summed E-state index contributed by atoms with van der Waals surface area (Å²) in [5, 5.41) is 3.14. The van der Waals surface area contributed by atoms with Gasteiger partial charge in [-0.05, 0) is 61.1 Å². The molecule has 1 amide bonds. The molecule has 0 bridgehead atoms. The Morgan fingerprint density at radius 2 is 1.90 bits per heavy atom. The third kappa shape index (κ3) is 5.09. The number of hydrogen-bond donors (Lipinski definition) is 1. The van der Waals surface area contributed by atoms with Gasteiger partial charge in [-0.3, -0.25) is 9.10 Å². The van der Waals surface area contributed by atoms with Gasteiger partial charge in [-0.1, -0.05) is 31.2 Å². The van der Waals surface area contributed by atoms with Crippen molar-refractivity contribution in [1.82, 2.24) is 5.32 Å². The van der Waals surface area contributed by atoms with E-state index in [0.29, 0.717) is 17.9 Å². The van der Waals surface area contributed by atoms with E-state index < -0.39 is 16.1 Å². The fourth-order valence-electron chi connectivity index (χ4n) is 3.58. The zero-order valence-electron chi connectivity index (χ0n) is 17.1. The van der Waals surface area contributed by atoms with Gasteiger partial charge < -0.3 is 10.1 Å². The van der Waals surface area contributed by atoms with E-state index in [4.69, 9.17) is 4.74 Å². The lowest BCUT2D eigenvalue weighted by Gasteiger charge is -2.28. The second-order valence-corrected chi connectivity index (χ2v) is 9.41. The van der Waals surface area contributed by atoms with Gasteiger partial charge >= 0.3 is 0 Å². The van der Waals surface area contributed by atoms with Crippen molar-refractivity contribution in [3.63, 3.8) is 0 Å². The monoisotopic (exact) mass is 416 g/mol.